The first-order valence-corrected chi connectivity index (χ1v) is 14.9. The maximum atomic E-state index is 13.9. The molecule has 1 aliphatic rings. The lowest BCUT2D eigenvalue weighted by Crippen LogP contribution is -2.59. The monoisotopic (exact) mass is 563 g/mol. The van der Waals surface area contributed by atoms with Crippen LogP contribution in [0.1, 0.15) is 51.7 Å². The highest BCUT2D eigenvalue weighted by Gasteiger charge is 2.40. The lowest BCUT2D eigenvalue weighted by Gasteiger charge is -2.37. The molecule has 0 aromatic heterocycles. The van der Waals surface area contributed by atoms with Gasteiger partial charge in [-0.25, -0.2) is 0 Å². The molecule has 1 saturated heterocycles. The summed E-state index contributed by atoms with van der Waals surface area (Å²) in [7, 11) is 1.73. The number of nitrogens with one attached hydrogen (secondary N) is 3. The van der Waals surface area contributed by atoms with Crippen molar-refractivity contribution in [2.45, 2.75) is 71.5 Å². The number of carbonyl (C=O) groups is 3. The Labute approximate surface area is 246 Å². The third-order valence-electron chi connectivity index (χ3n) is 7.89. The van der Waals surface area contributed by atoms with E-state index in [2.05, 4.69) is 40.2 Å². The number of hydrogen-bond donors (Lipinski definition) is 3. The Hall–Kier alpha value is -3.23. The predicted octanol–water partition coefficient (Wildman–Crippen LogP) is 3.02. The van der Waals surface area contributed by atoms with Crippen LogP contribution in [0.4, 0.5) is 0 Å². The Kier molecular flexibility index (Phi) is 12.4. The second-order valence-electron chi connectivity index (χ2n) is 12.1. The van der Waals surface area contributed by atoms with E-state index < -0.39 is 17.5 Å². The highest BCUT2D eigenvalue weighted by atomic mass is 16.2. The Bertz CT molecular complexity index is 1100. The van der Waals surface area contributed by atoms with Crippen molar-refractivity contribution < 1.29 is 14.4 Å². The van der Waals surface area contributed by atoms with E-state index in [9.17, 15) is 14.4 Å². The van der Waals surface area contributed by atoms with E-state index in [-0.39, 0.29) is 30.3 Å². The van der Waals surface area contributed by atoms with E-state index >= 15 is 0 Å². The molecule has 0 radical (unpaired) electrons. The number of likely N-dealkylation sites (N-methyl/N-ethyl adjacent to an activating group) is 1. The maximum absolute atomic E-state index is 13.9. The van der Waals surface area contributed by atoms with Crippen LogP contribution in [0.5, 0.6) is 0 Å². The zero-order valence-corrected chi connectivity index (χ0v) is 25.5. The summed E-state index contributed by atoms with van der Waals surface area (Å²) in [5.41, 5.74) is 1.95. The molecule has 1 fully saturated rings. The summed E-state index contributed by atoms with van der Waals surface area (Å²) in [6.07, 6.45) is 3.32. The Balaban J connectivity index is 1.68. The molecule has 3 rings (SSSR count). The van der Waals surface area contributed by atoms with Crippen LogP contribution in [0.15, 0.2) is 60.7 Å². The van der Waals surface area contributed by atoms with Gasteiger partial charge >= 0.3 is 0 Å². The second-order valence-corrected chi connectivity index (χ2v) is 12.1. The van der Waals surface area contributed by atoms with Crippen LogP contribution in [-0.2, 0) is 27.2 Å². The van der Waals surface area contributed by atoms with Crippen molar-refractivity contribution in [2.24, 2.45) is 5.41 Å². The molecule has 8 heteroatoms. The molecule has 3 N–H and O–H groups in total. The normalized spacial score (nSPS) is 16.7. The summed E-state index contributed by atoms with van der Waals surface area (Å²) in [6.45, 7) is 10.4. The summed E-state index contributed by atoms with van der Waals surface area (Å²) in [6, 6.07) is 19.3. The van der Waals surface area contributed by atoms with Crippen LogP contribution in [-0.4, -0.2) is 85.4 Å². The van der Waals surface area contributed by atoms with Crippen molar-refractivity contribution in [1.82, 2.24) is 25.8 Å². The van der Waals surface area contributed by atoms with Crippen molar-refractivity contribution in [1.29, 1.82) is 0 Å². The number of amides is 3. The first-order valence-electron chi connectivity index (χ1n) is 14.9. The van der Waals surface area contributed by atoms with Crippen molar-refractivity contribution in [3.8, 4) is 0 Å². The molecule has 0 spiro atoms. The SMILES string of the molecule is CN[C@@H](C)C(=O)N[C@H](C(=O)N1CCC[C@H]1CN(CCc1ccccc1)C(=O)CNCCc1ccccc1)C(C)(C)C. The lowest BCUT2D eigenvalue weighted by molar-refractivity contribution is -0.142. The highest BCUT2D eigenvalue weighted by molar-refractivity contribution is 5.90. The number of nitrogens with zero attached hydrogens (tertiary/aromatic N) is 2. The molecule has 3 atom stereocenters. The van der Waals surface area contributed by atoms with Crippen molar-refractivity contribution in [3.05, 3.63) is 71.8 Å². The third-order valence-corrected chi connectivity index (χ3v) is 7.89. The third kappa shape index (κ3) is 9.97. The zero-order chi connectivity index (χ0) is 29.8. The molecular weight excluding hydrogens is 514 g/mol. The standard InChI is InChI=1S/C33H49N5O3/c1-25(34-5)31(40)36-30(33(2,3)4)32(41)38-21-12-17-28(38)24-37(22-19-27-15-10-7-11-16-27)29(39)23-35-20-18-26-13-8-6-9-14-26/h6-11,13-16,25,28,30,34-35H,12,17-24H2,1-5H3,(H,36,40)/t25-,28-,30+/m0/s1. The van der Waals surface area contributed by atoms with Gasteiger partial charge in [0.2, 0.25) is 17.7 Å². The molecule has 0 saturated carbocycles. The van der Waals surface area contributed by atoms with Gasteiger partial charge in [0.15, 0.2) is 0 Å². The van der Waals surface area contributed by atoms with E-state index in [1.165, 1.54) is 11.1 Å². The van der Waals surface area contributed by atoms with Gasteiger partial charge in [0, 0.05) is 25.7 Å². The summed E-state index contributed by atoms with van der Waals surface area (Å²) < 4.78 is 0. The van der Waals surface area contributed by atoms with Gasteiger partial charge < -0.3 is 25.8 Å². The predicted molar refractivity (Wildman–Crippen MR) is 164 cm³/mol. The summed E-state index contributed by atoms with van der Waals surface area (Å²) in [4.78, 5) is 43.9. The minimum Gasteiger partial charge on any atom is -0.342 e. The topological polar surface area (TPSA) is 93.8 Å². The Morgan fingerprint density at radius 1 is 0.976 bits per heavy atom. The molecule has 2 aromatic carbocycles. The van der Waals surface area contributed by atoms with Crippen LogP contribution in [0, 0.1) is 5.41 Å². The number of rotatable bonds is 14. The molecule has 224 valence electrons. The molecular formula is C33H49N5O3. The average molecular weight is 564 g/mol. The summed E-state index contributed by atoms with van der Waals surface area (Å²) >= 11 is 0. The minimum atomic E-state index is -0.653. The van der Waals surface area contributed by atoms with Crippen LogP contribution in [0.3, 0.4) is 0 Å². The zero-order valence-electron chi connectivity index (χ0n) is 25.5. The van der Waals surface area contributed by atoms with Crippen LogP contribution in [0.25, 0.3) is 0 Å². The molecule has 1 heterocycles. The fourth-order valence-corrected chi connectivity index (χ4v) is 5.19. The Morgan fingerprint density at radius 2 is 1.59 bits per heavy atom. The lowest BCUT2D eigenvalue weighted by atomic mass is 9.85. The van der Waals surface area contributed by atoms with E-state index in [0.717, 1.165) is 25.7 Å². The van der Waals surface area contributed by atoms with Crippen LogP contribution < -0.4 is 16.0 Å². The summed E-state index contributed by atoms with van der Waals surface area (Å²) in [5, 5.41) is 9.26. The molecule has 8 nitrogen and oxygen atoms in total. The molecule has 1 aliphatic heterocycles. The second kappa shape index (κ2) is 15.7. The van der Waals surface area contributed by atoms with Crippen molar-refractivity contribution in [2.75, 3.05) is 39.8 Å². The van der Waals surface area contributed by atoms with E-state index in [1.807, 2.05) is 67.0 Å². The van der Waals surface area contributed by atoms with E-state index in [0.29, 0.717) is 26.2 Å². The first kappa shape index (κ1) is 32.3. The number of carbonyl (C=O) groups excluding carboxylic acids is 3. The van der Waals surface area contributed by atoms with Crippen LogP contribution >= 0.6 is 0 Å². The van der Waals surface area contributed by atoms with Gasteiger partial charge in [0.1, 0.15) is 6.04 Å². The molecule has 3 amide bonds. The van der Waals surface area contributed by atoms with Gasteiger partial charge in [-0.3, -0.25) is 14.4 Å². The molecule has 41 heavy (non-hydrogen) atoms. The highest BCUT2D eigenvalue weighted by Crippen LogP contribution is 2.26. The van der Waals surface area contributed by atoms with Crippen molar-refractivity contribution in [3.63, 3.8) is 0 Å². The van der Waals surface area contributed by atoms with Gasteiger partial charge in [-0.1, -0.05) is 81.4 Å². The first-order chi connectivity index (χ1) is 19.6. The van der Waals surface area contributed by atoms with Crippen molar-refractivity contribution >= 4 is 17.7 Å². The summed E-state index contributed by atoms with van der Waals surface area (Å²) in [5.74, 6) is -0.234. The fraction of sp³-hybridized carbons (Fsp3) is 0.545. The fourth-order valence-electron chi connectivity index (χ4n) is 5.19. The molecule has 0 unspecified atom stereocenters. The Morgan fingerprint density at radius 3 is 2.17 bits per heavy atom. The average Bonchev–Trinajstić information content (AvgIpc) is 3.44. The van der Waals surface area contributed by atoms with Gasteiger partial charge in [-0.2, -0.15) is 0 Å². The van der Waals surface area contributed by atoms with E-state index in [1.54, 1.807) is 14.0 Å². The van der Waals surface area contributed by atoms with Gasteiger partial charge in [0.05, 0.1) is 12.6 Å². The minimum absolute atomic E-state index is 0.0387. The van der Waals surface area contributed by atoms with Gasteiger partial charge in [0.25, 0.3) is 0 Å². The number of benzene rings is 2. The number of likely N-dealkylation sites (tertiary alicyclic amines) is 1. The largest absolute Gasteiger partial charge is 0.342 e. The maximum Gasteiger partial charge on any atom is 0.246 e. The molecule has 0 aliphatic carbocycles. The molecule has 0 bridgehead atoms. The number of hydrogen-bond acceptors (Lipinski definition) is 5. The quantitative estimate of drug-likeness (QED) is 0.307. The van der Waals surface area contributed by atoms with E-state index in [4.69, 9.17) is 0 Å². The van der Waals surface area contributed by atoms with Crippen LogP contribution in [0.2, 0.25) is 0 Å². The van der Waals surface area contributed by atoms with Gasteiger partial charge in [-0.05, 0) is 62.7 Å². The van der Waals surface area contributed by atoms with Gasteiger partial charge in [-0.15, -0.1) is 0 Å². The smallest absolute Gasteiger partial charge is 0.246 e. The molecule has 2 aromatic rings.